The Kier molecular flexibility index (Phi) is 7.96. The average molecular weight is 270 g/mol. The maximum atomic E-state index is 6.16. The molecule has 0 radical (unpaired) electrons. The molecule has 3 nitrogen and oxygen atoms in total. The van der Waals surface area contributed by atoms with Crippen LogP contribution in [0.1, 0.15) is 58.3 Å². The Morgan fingerprint density at radius 1 is 1.32 bits per heavy atom. The van der Waals surface area contributed by atoms with Crippen LogP contribution in [0.5, 0.6) is 0 Å². The first-order valence-electron chi connectivity index (χ1n) is 8.08. The lowest BCUT2D eigenvalue weighted by Gasteiger charge is -2.41. The highest BCUT2D eigenvalue weighted by Gasteiger charge is 2.35. The van der Waals surface area contributed by atoms with E-state index >= 15 is 0 Å². The topological polar surface area (TPSA) is 38.5 Å². The van der Waals surface area contributed by atoms with E-state index in [-0.39, 0.29) is 5.54 Å². The van der Waals surface area contributed by atoms with Gasteiger partial charge in [0.15, 0.2) is 0 Å². The molecule has 1 aliphatic carbocycles. The van der Waals surface area contributed by atoms with Gasteiger partial charge in [-0.15, -0.1) is 0 Å². The van der Waals surface area contributed by atoms with Crippen molar-refractivity contribution in [3.05, 3.63) is 0 Å². The SMILES string of the molecule is CCCC1CCCC(CN)(N(C)CCCOC)CC1. The second kappa shape index (κ2) is 8.93. The summed E-state index contributed by atoms with van der Waals surface area (Å²) < 4.78 is 5.16. The molecule has 1 fully saturated rings. The predicted molar refractivity (Wildman–Crippen MR) is 82.4 cm³/mol. The van der Waals surface area contributed by atoms with Crippen LogP contribution in [0, 0.1) is 5.92 Å². The van der Waals surface area contributed by atoms with Crippen molar-refractivity contribution < 1.29 is 4.74 Å². The Labute approximate surface area is 119 Å². The molecule has 0 bridgehead atoms. The lowest BCUT2D eigenvalue weighted by Crippen LogP contribution is -2.52. The zero-order valence-electron chi connectivity index (χ0n) is 13.3. The molecule has 1 aliphatic rings. The van der Waals surface area contributed by atoms with Crippen LogP contribution in [-0.2, 0) is 4.74 Å². The van der Waals surface area contributed by atoms with Gasteiger partial charge < -0.3 is 10.5 Å². The molecular formula is C16H34N2O. The number of nitrogens with two attached hydrogens (primary N) is 1. The number of likely N-dealkylation sites (N-methyl/N-ethyl adjacent to an activating group) is 1. The van der Waals surface area contributed by atoms with Crippen molar-refractivity contribution in [2.75, 3.05) is 33.9 Å². The van der Waals surface area contributed by atoms with Gasteiger partial charge in [-0.3, -0.25) is 4.90 Å². The van der Waals surface area contributed by atoms with Crippen molar-refractivity contribution in [3.63, 3.8) is 0 Å². The second-order valence-electron chi connectivity index (χ2n) is 6.28. The van der Waals surface area contributed by atoms with Crippen molar-refractivity contribution in [3.8, 4) is 0 Å². The maximum Gasteiger partial charge on any atom is 0.0474 e. The highest BCUT2D eigenvalue weighted by atomic mass is 16.5. The predicted octanol–water partition coefficient (Wildman–Crippen LogP) is 3.03. The smallest absolute Gasteiger partial charge is 0.0474 e. The molecule has 1 rings (SSSR count). The number of hydrogen-bond donors (Lipinski definition) is 1. The molecule has 19 heavy (non-hydrogen) atoms. The zero-order valence-corrected chi connectivity index (χ0v) is 13.3. The number of nitrogens with zero attached hydrogens (tertiary/aromatic N) is 1. The van der Waals surface area contributed by atoms with E-state index in [1.165, 1.54) is 44.9 Å². The van der Waals surface area contributed by atoms with Crippen LogP contribution in [0.2, 0.25) is 0 Å². The summed E-state index contributed by atoms with van der Waals surface area (Å²) in [4.78, 5) is 2.51. The number of methoxy groups -OCH3 is 1. The Morgan fingerprint density at radius 2 is 2.11 bits per heavy atom. The summed E-state index contributed by atoms with van der Waals surface area (Å²) in [6.07, 6.45) is 10.5. The fourth-order valence-electron chi connectivity index (χ4n) is 3.58. The summed E-state index contributed by atoms with van der Waals surface area (Å²) in [7, 11) is 4.03. The number of ether oxygens (including phenoxy) is 1. The maximum absolute atomic E-state index is 6.16. The number of rotatable bonds is 8. The van der Waals surface area contributed by atoms with E-state index in [1.54, 1.807) is 7.11 Å². The van der Waals surface area contributed by atoms with E-state index in [0.29, 0.717) is 0 Å². The molecule has 2 unspecified atom stereocenters. The van der Waals surface area contributed by atoms with Crippen molar-refractivity contribution in [1.29, 1.82) is 0 Å². The molecular weight excluding hydrogens is 236 g/mol. The van der Waals surface area contributed by atoms with Crippen LogP contribution in [0.3, 0.4) is 0 Å². The van der Waals surface area contributed by atoms with E-state index < -0.39 is 0 Å². The van der Waals surface area contributed by atoms with Gasteiger partial charge >= 0.3 is 0 Å². The van der Waals surface area contributed by atoms with Gasteiger partial charge in [-0.05, 0) is 38.6 Å². The van der Waals surface area contributed by atoms with E-state index in [9.17, 15) is 0 Å². The molecule has 2 N–H and O–H groups in total. The van der Waals surface area contributed by atoms with Crippen LogP contribution in [0.25, 0.3) is 0 Å². The highest BCUT2D eigenvalue weighted by Crippen LogP contribution is 2.35. The minimum Gasteiger partial charge on any atom is -0.385 e. The van der Waals surface area contributed by atoms with Crippen molar-refractivity contribution in [2.45, 2.75) is 63.8 Å². The summed E-state index contributed by atoms with van der Waals surface area (Å²) in [5, 5.41) is 0. The van der Waals surface area contributed by atoms with Gasteiger partial charge in [0.25, 0.3) is 0 Å². The molecule has 0 aromatic rings. The lowest BCUT2D eigenvalue weighted by molar-refractivity contribution is 0.0911. The summed E-state index contributed by atoms with van der Waals surface area (Å²) in [6, 6.07) is 0. The van der Waals surface area contributed by atoms with Crippen LogP contribution in [-0.4, -0.2) is 44.3 Å². The third-order valence-corrected chi connectivity index (χ3v) is 5.00. The summed E-state index contributed by atoms with van der Waals surface area (Å²) >= 11 is 0. The van der Waals surface area contributed by atoms with Gasteiger partial charge in [0.2, 0.25) is 0 Å². The molecule has 2 atom stereocenters. The zero-order chi connectivity index (χ0) is 14.1. The fourth-order valence-corrected chi connectivity index (χ4v) is 3.58. The molecule has 1 saturated carbocycles. The quantitative estimate of drug-likeness (QED) is 0.544. The van der Waals surface area contributed by atoms with E-state index in [4.69, 9.17) is 10.5 Å². The van der Waals surface area contributed by atoms with Crippen molar-refractivity contribution in [1.82, 2.24) is 4.90 Å². The minimum atomic E-state index is 0.246. The molecule has 0 aliphatic heterocycles. The number of hydrogen-bond acceptors (Lipinski definition) is 3. The molecule has 0 saturated heterocycles. The molecule has 114 valence electrons. The van der Waals surface area contributed by atoms with E-state index in [2.05, 4.69) is 18.9 Å². The molecule has 0 aromatic heterocycles. The van der Waals surface area contributed by atoms with Gasteiger partial charge in [0, 0.05) is 32.3 Å². The van der Waals surface area contributed by atoms with Crippen molar-refractivity contribution in [2.24, 2.45) is 11.7 Å². The van der Waals surface area contributed by atoms with Gasteiger partial charge in [0.05, 0.1) is 0 Å². The third kappa shape index (κ3) is 5.05. The highest BCUT2D eigenvalue weighted by molar-refractivity contribution is 4.93. The first kappa shape index (κ1) is 16.9. The average Bonchev–Trinajstić information content (AvgIpc) is 2.63. The van der Waals surface area contributed by atoms with E-state index in [0.717, 1.165) is 32.0 Å². The molecule has 0 aromatic carbocycles. The molecule has 0 amide bonds. The minimum absolute atomic E-state index is 0.246. The Balaban J connectivity index is 2.53. The van der Waals surface area contributed by atoms with Gasteiger partial charge in [-0.2, -0.15) is 0 Å². The summed E-state index contributed by atoms with van der Waals surface area (Å²) in [5.74, 6) is 0.936. The largest absolute Gasteiger partial charge is 0.385 e. The summed E-state index contributed by atoms with van der Waals surface area (Å²) in [6.45, 7) is 5.06. The first-order chi connectivity index (χ1) is 9.18. The first-order valence-corrected chi connectivity index (χ1v) is 8.08. The summed E-state index contributed by atoms with van der Waals surface area (Å²) in [5.41, 5.74) is 6.41. The third-order valence-electron chi connectivity index (χ3n) is 5.00. The van der Waals surface area contributed by atoms with Gasteiger partial charge in [-0.1, -0.05) is 32.6 Å². The molecule has 0 heterocycles. The fraction of sp³-hybridized carbons (Fsp3) is 1.00. The lowest BCUT2D eigenvalue weighted by atomic mass is 9.87. The van der Waals surface area contributed by atoms with Gasteiger partial charge in [-0.25, -0.2) is 0 Å². The van der Waals surface area contributed by atoms with Crippen LogP contribution >= 0.6 is 0 Å². The Morgan fingerprint density at radius 3 is 2.74 bits per heavy atom. The molecule has 3 heteroatoms. The van der Waals surface area contributed by atoms with E-state index in [1.807, 2.05) is 0 Å². The molecule has 0 spiro atoms. The monoisotopic (exact) mass is 270 g/mol. The standard InChI is InChI=1S/C16H34N2O/c1-4-7-15-8-5-10-16(14-17,11-9-15)18(2)12-6-13-19-3/h15H,4-14,17H2,1-3H3. The van der Waals surface area contributed by atoms with Crippen molar-refractivity contribution >= 4 is 0 Å². The van der Waals surface area contributed by atoms with Crippen LogP contribution in [0.4, 0.5) is 0 Å². The Hall–Kier alpha value is -0.120. The normalized spacial score (nSPS) is 28.6. The van der Waals surface area contributed by atoms with Crippen LogP contribution < -0.4 is 5.73 Å². The Bertz CT molecular complexity index is 235. The van der Waals surface area contributed by atoms with Gasteiger partial charge in [0.1, 0.15) is 0 Å². The second-order valence-corrected chi connectivity index (χ2v) is 6.28. The van der Waals surface area contributed by atoms with Crippen LogP contribution in [0.15, 0.2) is 0 Å².